The molecule has 1 fully saturated rings. The molecule has 2 aromatic carbocycles. The number of rotatable bonds is 7. The third kappa shape index (κ3) is 5.78. The fourth-order valence-electron chi connectivity index (χ4n) is 3.83. The second kappa shape index (κ2) is 10.8. The number of halogens is 1. The molecule has 166 valence electrons. The van der Waals surface area contributed by atoms with Gasteiger partial charge in [0.15, 0.2) is 11.0 Å². The average Bonchev–Trinajstić information content (AvgIpc) is 3.24. The van der Waals surface area contributed by atoms with Crippen LogP contribution in [0.3, 0.4) is 0 Å². The number of nitrogens with zero attached hydrogens (tertiary/aromatic N) is 4. The molecule has 1 aromatic heterocycles. The molecule has 8 heteroatoms. The first-order valence-corrected chi connectivity index (χ1v) is 12.2. The molecule has 0 spiro atoms. The highest BCUT2D eigenvalue weighted by molar-refractivity contribution is 7.99. The molecule has 1 amide bonds. The first kappa shape index (κ1) is 22.6. The fourth-order valence-corrected chi connectivity index (χ4v) is 4.76. The van der Waals surface area contributed by atoms with E-state index < -0.39 is 0 Å². The molecule has 3 aromatic rings. The Bertz CT molecular complexity index is 1070. The van der Waals surface area contributed by atoms with E-state index in [0.29, 0.717) is 11.1 Å². The number of aryl methyl sites for hydroxylation is 1. The second-order valence-electron chi connectivity index (χ2n) is 7.97. The van der Waals surface area contributed by atoms with Gasteiger partial charge in [-0.1, -0.05) is 72.5 Å². The van der Waals surface area contributed by atoms with E-state index in [9.17, 15) is 4.79 Å². The zero-order chi connectivity index (χ0) is 22.3. The Labute approximate surface area is 197 Å². The maximum absolute atomic E-state index is 12.3. The Morgan fingerprint density at radius 3 is 2.56 bits per heavy atom. The van der Waals surface area contributed by atoms with Gasteiger partial charge in [0.1, 0.15) is 0 Å². The predicted molar refractivity (Wildman–Crippen MR) is 130 cm³/mol. The van der Waals surface area contributed by atoms with E-state index in [0.717, 1.165) is 34.9 Å². The van der Waals surface area contributed by atoms with E-state index in [-0.39, 0.29) is 11.7 Å². The molecule has 0 atom stereocenters. The number of hydrogen-bond acceptors (Lipinski definition) is 5. The van der Waals surface area contributed by atoms with Crippen molar-refractivity contribution in [2.24, 2.45) is 5.10 Å². The van der Waals surface area contributed by atoms with Crippen LogP contribution in [0.5, 0.6) is 0 Å². The lowest BCUT2D eigenvalue weighted by Gasteiger charge is -2.25. The van der Waals surface area contributed by atoms with Gasteiger partial charge < -0.3 is 0 Å². The summed E-state index contributed by atoms with van der Waals surface area (Å²) in [6.07, 6.45) is 7.49. The van der Waals surface area contributed by atoms with Gasteiger partial charge in [-0.2, -0.15) is 5.10 Å². The molecule has 0 saturated heterocycles. The molecular formula is C24H26ClN5OS. The quantitative estimate of drug-likeness (QED) is 0.276. The standard InChI is InChI=1S/C24H26ClN5OS/c1-17-7-9-18(10-8-17)15-26-27-22(31)16-32-24-29-28-23(19-11-13-20(25)14-12-19)30(24)21-5-3-2-4-6-21/h7-15,21H,2-6,16H2,1H3,(H,27,31). The van der Waals surface area contributed by atoms with Crippen molar-refractivity contribution in [1.29, 1.82) is 0 Å². The normalized spacial score (nSPS) is 14.7. The fraction of sp³-hybridized carbons (Fsp3) is 0.333. The first-order valence-electron chi connectivity index (χ1n) is 10.8. The number of benzene rings is 2. The van der Waals surface area contributed by atoms with Crippen molar-refractivity contribution >= 4 is 35.5 Å². The Morgan fingerprint density at radius 2 is 1.84 bits per heavy atom. The number of amides is 1. The summed E-state index contributed by atoms with van der Waals surface area (Å²) in [6.45, 7) is 2.03. The number of aromatic nitrogens is 3. The Balaban J connectivity index is 1.44. The lowest BCUT2D eigenvalue weighted by Crippen LogP contribution is -2.20. The van der Waals surface area contributed by atoms with Crippen LogP contribution in [0, 0.1) is 6.92 Å². The Morgan fingerprint density at radius 1 is 1.12 bits per heavy atom. The summed E-state index contributed by atoms with van der Waals surface area (Å²) in [6, 6.07) is 15.9. The minimum absolute atomic E-state index is 0.176. The summed E-state index contributed by atoms with van der Waals surface area (Å²) in [5.74, 6) is 0.870. The van der Waals surface area contributed by atoms with E-state index >= 15 is 0 Å². The molecule has 0 unspecified atom stereocenters. The smallest absolute Gasteiger partial charge is 0.250 e. The van der Waals surface area contributed by atoms with Gasteiger partial charge in [0.05, 0.1) is 12.0 Å². The highest BCUT2D eigenvalue weighted by Crippen LogP contribution is 2.35. The summed E-state index contributed by atoms with van der Waals surface area (Å²) in [5, 5.41) is 14.4. The lowest BCUT2D eigenvalue weighted by molar-refractivity contribution is -0.118. The summed E-state index contributed by atoms with van der Waals surface area (Å²) in [4.78, 5) is 12.3. The van der Waals surface area contributed by atoms with Gasteiger partial charge >= 0.3 is 0 Å². The number of carbonyl (C=O) groups excluding carboxylic acids is 1. The van der Waals surface area contributed by atoms with Gasteiger partial charge in [-0.3, -0.25) is 9.36 Å². The van der Waals surface area contributed by atoms with Crippen LogP contribution in [0.1, 0.15) is 49.3 Å². The molecule has 4 rings (SSSR count). The summed E-state index contributed by atoms with van der Waals surface area (Å²) >= 11 is 7.46. The van der Waals surface area contributed by atoms with E-state index in [4.69, 9.17) is 11.6 Å². The van der Waals surface area contributed by atoms with Crippen LogP contribution in [-0.2, 0) is 4.79 Å². The molecule has 1 saturated carbocycles. The highest BCUT2D eigenvalue weighted by atomic mass is 35.5. The van der Waals surface area contributed by atoms with Crippen molar-refractivity contribution in [1.82, 2.24) is 20.2 Å². The van der Waals surface area contributed by atoms with E-state index in [2.05, 4.69) is 25.3 Å². The Kier molecular flexibility index (Phi) is 7.60. The molecule has 6 nitrogen and oxygen atoms in total. The zero-order valence-corrected chi connectivity index (χ0v) is 19.6. The van der Waals surface area contributed by atoms with Crippen LogP contribution >= 0.6 is 23.4 Å². The topological polar surface area (TPSA) is 72.2 Å². The maximum atomic E-state index is 12.3. The van der Waals surface area contributed by atoms with Crippen LogP contribution in [-0.4, -0.2) is 32.6 Å². The number of nitrogens with one attached hydrogen (secondary N) is 1. The third-order valence-corrected chi connectivity index (χ3v) is 6.71. The van der Waals surface area contributed by atoms with Crippen molar-refractivity contribution in [3.63, 3.8) is 0 Å². The highest BCUT2D eigenvalue weighted by Gasteiger charge is 2.24. The molecule has 32 heavy (non-hydrogen) atoms. The Hall–Kier alpha value is -2.64. The van der Waals surface area contributed by atoms with Crippen LogP contribution in [0.2, 0.25) is 5.02 Å². The van der Waals surface area contributed by atoms with Gasteiger partial charge in [0, 0.05) is 16.6 Å². The monoisotopic (exact) mass is 467 g/mol. The van der Waals surface area contributed by atoms with Gasteiger partial charge in [-0.15, -0.1) is 10.2 Å². The maximum Gasteiger partial charge on any atom is 0.250 e. The van der Waals surface area contributed by atoms with Crippen LogP contribution in [0.25, 0.3) is 11.4 Å². The average molecular weight is 468 g/mol. The van der Waals surface area contributed by atoms with Gasteiger partial charge in [0.25, 0.3) is 5.91 Å². The van der Waals surface area contributed by atoms with Crippen LogP contribution in [0.15, 0.2) is 58.8 Å². The van der Waals surface area contributed by atoms with E-state index in [1.165, 1.54) is 36.6 Å². The van der Waals surface area contributed by atoms with Crippen molar-refractivity contribution in [2.75, 3.05) is 5.75 Å². The molecule has 1 N–H and O–H groups in total. The summed E-state index contributed by atoms with van der Waals surface area (Å²) in [5.41, 5.74) is 5.70. The molecule has 0 aliphatic heterocycles. The SMILES string of the molecule is Cc1ccc(C=NNC(=O)CSc2nnc(-c3ccc(Cl)cc3)n2C2CCCCC2)cc1. The minimum Gasteiger partial charge on any atom is -0.299 e. The van der Waals surface area contributed by atoms with Crippen molar-refractivity contribution in [3.8, 4) is 11.4 Å². The second-order valence-corrected chi connectivity index (χ2v) is 9.35. The van der Waals surface area contributed by atoms with Crippen molar-refractivity contribution in [2.45, 2.75) is 50.2 Å². The number of carbonyl (C=O) groups is 1. The summed E-state index contributed by atoms with van der Waals surface area (Å²) in [7, 11) is 0. The lowest BCUT2D eigenvalue weighted by atomic mass is 9.95. The number of thioether (sulfide) groups is 1. The van der Waals surface area contributed by atoms with E-state index in [1.54, 1.807) is 6.21 Å². The van der Waals surface area contributed by atoms with Crippen molar-refractivity contribution in [3.05, 3.63) is 64.7 Å². The minimum atomic E-state index is -0.176. The van der Waals surface area contributed by atoms with Gasteiger partial charge in [0.2, 0.25) is 0 Å². The first-order chi connectivity index (χ1) is 15.6. The molecule has 0 radical (unpaired) electrons. The van der Waals surface area contributed by atoms with Gasteiger partial charge in [-0.25, -0.2) is 5.43 Å². The number of hydrogen-bond donors (Lipinski definition) is 1. The van der Waals surface area contributed by atoms with E-state index in [1.807, 2.05) is 55.5 Å². The predicted octanol–water partition coefficient (Wildman–Crippen LogP) is 5.65. The largest absolute Gasteiger partial charge is 0.299 e. The zero-order valence-electron chi connectivity index (χ0n) is 18.0. The number of hydrazone groups is 1. The molecule has 0 bridgehead atoms. The molecule has 1 aliphatic carbocycles. The van der Waals surface area contributed by atoms with Crippen LogP contribution in [0.4, 0.5) is 0 Å². The molecule has 1 aliphatic rings. The third-order valence-electron chi connectivity index (χ3n) is 5.52. The molecular weight excluding hydrogens is 442 g/mol. The van der Waals surface area contributed by atoms with Crippen molar-refractivity contribution < 1.29 is 4.79 Å². The summed E-state index contributed by atoms with van der Waals surface area (Å²) < 4.78 is 2.20. The van der Waals surface area contributed by atoms with Crippen LogP contribution < -0.4 is 5.43 Å². The molecule has 1 heterocycles. The van der Waals surface area contributed by atoms with Gasteiger partial charge in [-0.05, 0) is 49.6 Å².